The highest BCUT2D eigenvalue weighted by Gasteiger charge is 2.67. The number of rotatable bonds is 6. The van der Waals surface area contributed by atoms with E-state index in [1.165, 1.54) is 6.07 Å². The number of hydrogen-bond donors (Lipinski definition) is 1. The van der Waals surface area contributed by atoms with E-state index in [0.717, 1.165) is 22.1 Å². The third-order valence-electron chi connectivity index (χ3n) is 12.4. The van der Waals surface area contributed by atoms with E-state index in [0.29, 0.717) is 54.7 Å². The van der Waals surface area contributed by atoms with Gasteiger partial charge < -0.3 is 14.5 Å². The van der Waals surface area contributed by atoms with E-state index in [9.17, 15) is 24.0 Å². The molecule has 14 heteroatoms. The van der Waals surface area contributed by atoms with Gasteiger partial charge in [-0.1, -0.05) is 57.2 Å². The van der Waals surface area contributed by atoms with Crippen LogP contribution in [-0.2, 0) is 16.1 Å². The molecule has 4 heterocycles. The third kappa shape index (κ3) is 6.37. The molecule has 3 aromatic carbocycles. The Bertz CT molecular complexity index is 2410. The van der Waals surface area contributed by atoms with Crippen LogP contribution < -0.4 is 15.0 Å². The Balaban J connectivity index is 0.896. The number of benzene rings is 3. The average molecular weight is 805 g/mol. The van der Waals surface area contributed by atoms with E-state index in [-0.39, 0.29) is 64.6 Å². The lowest BCUT2D eigenvalue weighted by atomic mass is 9.49. The predicted octanol–water partition coefficient (Wildman–Crippen LogP) is 5.83. The summed E-state index contributed by atoms with van der Waals surface area (Å²) >= 11 is 6.29. The Morgan fingerprint density at radius 2 is 1.60 bits per heavy atom. The van der Waals surface area contributed by atoms with Gasteiger partial charge in [0.2, 0.25) is 17.5 Å². The van der Waals surface area contributed by atoms with E-state index in [1.54, 1.807) is 18.2 Å². The molecule has 5 amide bonds. The zero-order chi connectivity index (χ0) is 41.4. The number of fused-ring (bicyclic) bond motifs is 2. The highest BCUT2D eigenvalue weighted by molar-refractivity contribution is 6.33. The quantitative estimate of drug-likeness (QED) is 0.188. The van der Waals surface area contributed by atoms with Gasteiger partial charge in [-0.3, -0.25) is 39.1 Å². The molecule has 58 heavy (non-hydrogen) atoms. The number of ether oxygens (including phenoxy) is 1. The fourth-order valence-electron chi connectivity index (χ4n) is 9.98. The lowest BCUT2D eigenvalue weighted by Crippen LogP contribution is -2.74. The number of hydrogen-bond acceptors (Lipinski definition) is 8. The average Bonchev–Trinajstić information content (AvgIpc) is 3.62. The molecule has 2 saturated heterocycles. The van der Waals surface area contributed by atoms with Gasteiger partial charge in [-0.25, -0.2) is 9.24 Å². The molecule has 1 aliphatic carbocycles. The largest absolute Gasteiger partial charge is 0.489 e. The van der Waals surface area contributed by atoms with Crippen LogP contribution in [0.3, 0.4) is 0 Å². The van der Waals surface area contributed by atoms with Crippen LogP contribution in [0.25, 0.3) is 4.85 Å². The number of carbonyl (C=O) groups is 5. The monoisotopic (exact) mass is 804 g/mol. The van der Waals surface area contributed by atoms with Crippen molar-refractivity contribution in [2.24, 2.45) is 10.8 Å². The minimum atomic E-state index is -1.12. The number of nitrogens with zero attached hydrogens (tertiary/aromatic N) is 5. The lowest BCUT2D eigenvalue weighted by molar-refractivity contribution is -0.199. The smallest absolute Gasteiger partial charge is 0.262 e. The topological polar surface area (TPSA) is 124 Å². The number of nitrogens with one attached hydrogen (secondary N) is 1. The van der Waals surface area contributed by atoms with Crippen molar-refractivity contribution in [2.75, 3.05) is 31.1 Å². The molecular formula is C44H42ClFN6O6. The van der Waals surface area contributed by atoms with Gasteiger partial charge >= 0.3 is 0 Å². The van der Waals surface area contributed by atoms with Crippen molar-refractivity contribution in [2.45, 2.75) is 78.2 Å². The van der Waals surface area contributed by atoms with Crippen LogP contribution in [0.4, 0.5) is 15.8 Å². The molecule has 2 unspecified atom stereocenters. The Hall–Kier alpha value is -5.76. The zero-order valence-electron chi connectivity index (χ0n) is 32.8. The lowest BCUT2D eigenvalue weighted by Gasteiger charge is -2.65. The summed E-state index contributed by atoms with van der Waals surface area (Å²) in [5.41, 5.74) is 2.16. The molecule has 0 radical (unpaired) electrons. The van der Waals surface area contributed by atoms with Crippen molar-refractivity contribution in [3.63, 3.8) is 0 Å². The van der Waals surface area contributed by atoms with Crippen molar-refractivity contribution < 1.29 is 33.1 Å². The van der Waals surface area contributed by atoms with E-state index < -0.39 is 35.5 Å². The summed E-state index contributed by atoms with van der Waals surface area (Å²) in [5.74, 6) is 3.98. The van der Waals surface area contributed by atoms with E-state index >= 15 is 4.39 Å². The first-order chi connectivity index (χ1) is 27.5. The normalized spacial score (nSPS) is 24.0. The molecule has 1 N–H and O–H groups in total. The van der Waals surface area contributed by atoms with E-state index in [1.807, 2.05) is 34.9 Å². The Morgan fingerprint density at radius 1 is 0.914 bits per heavy atom. The molecule has 5 aliphatic rings. The summed E-state index contributed by atoms with van der Waals surface area (Å²) in [4.78, 5) is 74.6. The molecule has 4 aliphatic heterocycles. The van der Waals surface area contributed by atoms with Gasteiger partial charge in [0.05, 0.1) is 34.5 Å². The number of amides is 5. The number of imide groups is 2. The zero-order valence-corrected chi connectivity index (χ0v) is 33.6. The number of piperazine rings is 1. The maximum absolute atomic E-state index is 15.5. The standard InChI is InChI=1S/C44H42ClFN6O6/c1-24(49-15-17-50(18-16-49)35-22-30-29(21-32(35)46)39(56)52(40(30)57)34-13-14-36(53)48-37(34)54)7-8-25-9-11-28-26(19-25)23-51(38(28)55)41-43(2,3)42(44(41,4)5)58-27-10-12-33(47-6)31(45)20-27/h9-12,19-22,24,34,41-42H,13-18,23H2,1-5H3,(H,48,53,54). The van der Waals surface area contributed by atoms with Gasteiger partial charge in [0.1, 0.15) is 23.7 Å². The molecule has 0 bridgehead atoms. The maximum Gasteiger partial charge on any atom is 0.262 e. The maximum atomic E-state index is 15.5. The van der Waals surface area contributed by atoms with Crippen molar-refractivity contribution in [1.82, 2.24) is 20.0 Å². The van der Waals surface area contributed by atoms with Crippen molar-refractivity contribution in [1.29, 1.82) is 0 Å². The van der Waals surface area contributed by atoms with Crippen LogP contribution >= 0.6 is 11.6 Å². The molecule has 0 spiro atoms. The first kappa shape index (κ1) is 39.1. The summed E-state index contributed by atoms with van der Waals surface area (Å²) in [5, 5.41) is 2.51. The summed E-state index contributed by atoms with van der Waals surface area (Å²) in [6.45, 7) is 20.3. The Kier molecular flexibility index (Phi) is 9.61. The molecule has 1 saturated carbocycles. The van der Waals surface area contributed by atoms with Crippen LogP contribution in [0.2, 0.25) is 5.02 Å². The van der Waals surface area contributed by atoms with Gasteiger partial charge in [-0.05, 0) is 61.4 Å². The van der Waals surface area contributed by atoms with Gasteiger partial charge in [0, 0.05) is 67.1 Å². The molecule has 298 valence electrons. The second-order valence-corrected chi connectivity index (χ2v) is 17.2. The minimum absolute atomic E-state index is 0.0000233. The predicted molar refractivity (Wildman–Crippen MR) is 213 cm³/mol. The van der Waals surface area contributed by atoms with Crippen LogP contribution in [0.15, 0.2) is 48.5 Å². The van der Waals surface area contributed by atoms with Gasteiger partial charge in [0.25, 0.3) is 17.7 Å². The van der Waals surface area contributed by atoms with E-state index in [4.69, 9.17) is 22.9 Å². The summed E-state index contributed by atoms with van der Waals surface area (Å²) in [6.07, 6.45) is -0.185. The number of halogens is 2. The van der Waals surface area contributed by atoms with Crippen LogP contribution in [0.5, 0.6) is 5.75 Å². The summed E-state index contributed by atoms with van der Waals surface area (Å²) < 4.78 is 21.9. The third-order valence-corrected chi connectivity index (χ3v) is 12.7. The van der Waals surface area contributed by atoms with Crippen LogP contribution in [0, 0.1) is 35.1 Å². The van der Waals surface area contributed by atoms with Gasteiger partial charge in [-0.2, -0.15) is 0 Å². The molecule has 3 fully saturated rings. The van der Waals surface area contributed by atoms with Crippen LogP contribution in [-0.4, -0.2) is 94.6 Å². The fraction of sp³-hybridized carbons (Fsp3) is 0.409. The van der Waals surface area contributed by atoms with Crippen molar-refractivity contribution >= 4 is 52.5 Å². The molecule has 0 aromatic heterocycles. The SMILES string of the molecule is [C-]#[N+]c1ccc(OC2C(C)(C)C(N3Cc4cc(C#CC(C)N5CCN(c6cc7c(cc6F)C(=O)N(C6CCC(=O)NC6=O)C7=O)CC5)ccc4C3=O)C2(C)C)cc1Cl. The summed E-state index contributed by atoms with van der Waals surface area (Å²) in [7, 11) is 0. The molecule has 3 aromatic rings. The van der Waals surface area contributed by atoms with Crippen molar-refractivity contribution in [3.8, 4) is 17.6 Å². The van der Waals surface area contributed by atoms with Crippen molar-refractivity contribution in [3.05, 3.63) is 98.6 Å². The minimum Gasteiger partial charge on any atom is -0.489 e. The van der Waals surface area contributed by atoms with Gasteiger partial charge in [0.15, 0.2) is 0 Å². The second-order valence-electron chi connectivity index (χ2n) is 16.8. The highest BCUT2D eigenvalue weighted by Crippen LogP contribution is 2.59. The van der Waals surface area contributed by atoms with E-state index in [2.05, 4.69) is 54.6 Å². The number of carbonyl (C=O) groups excluding carboxylic acids is 5. The second kappa shape index (κ2) is 14.3. The molecule has 12 nitrogen and oxygen atoms in total. The molecule has 8 rings (SSSR count). The Morgan fingerprint density at radius 3 is 2.26 bits per heavy atom. The highest BCUT2D eigenvalue weighted by atomic mass is 35.5. The molecule has 2 atom stereocenters. The summed E-state index contributed by atoms with van der Waals surface area (Å²) in [6, 6.07) is 11.9. The Labute approximate surface area is 341 Å². The van der Waals surface area contributed by atoms with Crippen LogP contribution in [0.1, 0.15) is 89.7 Å². The number of anilines is 1. The first-order valence-electron chi connectivity index (χ1n) is 19.3. The first-order valence-corrected chi connectivity index (χ1v) is 19.7. The van der Waals surface area contributed by atoms with Gasteiger partial charge in [-0.15, -0.1) is 0 Å². The number of piperidine rings is 1. The molecular weight excluding hydrogens is 763 g/mol. The fourth-order valence-corrected chi connectivity index (χ4v) is 10.2.